The Labute approximate surface area is 185 Å². The SMILES string of the molecule is CCN(Cc1ccccc1)C1=C(c2ccc(C)cc2)C(=O)N(C2CCCCCC2)C1=O. The van der Waals surface area contributed by atoms with Gasteiger partial charge in [0.15, 0.2) is 0 Å². The molecule has 2 aromatic rings. The second kappa shape index (κ2) is 9.51. The number of nitrogens with zero attached hydrogens (tertiary/aromatic N) is 2. The Hall–Kier alpha value is -2.88. The lowest BCUT2D eigenvalue weighted by atomic mass is 10.0. The number of hydrogen-bond donors (Lipinski definition) is 0. The molecule has 4 heteroatoms. The largest absolute Gasteiger partial charge is 0.362 e. The highest BCUT2D eigenvalue weighted by molar-refractivity contribution is 6.35. The molecule has 2 aliphatic rings. The van der Waals surface area contributed by atoms with Crippen LogP contribution >= 0.6 is 0 Å². The third-order valence-electron chi connectivity index (χ3n) is 6.54. The molecular weight excluding hydrogens is 384 g/mol. The molecule has 0 N–H and O–H groups in total. The average molecular weight is 417 g/mol. The van der Waals surface area contributed by atoms with Crippen molar-refractivity contribution in [3.05, 3.63) is 77.0 Å². The van der Waals surface area contributed by atoms with Crippen LogP contribution in [0.3, 0.4) is 0 Å². The van der Waals surface area contributed by atoms with Crippen LogP contribution in [-0.2, 0) is 16.1 Å². The molecule has 1 fully saturated rings. The molecule has 4 rings (SSSR count). The van der Waals surface area contributed by atoms with Crippen molar-refractivity contribution in [2.75, 3.05) is 6.54 Å². The predicted octanol–water partition coefficient (Wildman–Crippen LogP) is 5.32. The smallest absolute Gasteiger partial charge is 0.278 e. The van der Waals surface area contributed by atoms with Gasteiger partial charge in [0.25, 0.3) is 11.8 Å². The van der Waals surface area contributed by atoms with Gasteiger partial charge in [-0.2, -0.15) is 0 Å². The summed E-state index contributed by atoms with van der Waals surface area (Å²) in [4.78, 5) is 31.1. The van der Waals surface area contributed by atoms with Gasteiger partial charge in [-0.05, 0) is 37.8 Å². The molecule has 1 aliphatic carbocycles. The zero-order valence-corrected chi connectivity index (χ0v) is 18.6. The molecule has 1 heterocycles. The maximum Gasteiger partial charge on any atom is 0.278 e. The van der Waals surface area contributed by atoms with Crippen molar-refractivity contribution in [1.29, 1.82) is 0 Å². The van der Waals surface area contributed by atoms with E-state index in [9.17, 15) is 9.59 Å². The van der Waals surface area contributed by atoms with Crippen molar-refractivity contribution in [3.63, 3.8) is 0 Å². The molecule has 1 aliphatic heterocycles. The molecule has 0 atom stereocenters. The van der Waals surface area contributed by atoms with Gasteiger partial charge in [-0.15, -0.1) is 0 Å². The highest BCUT2D eigenvalue weighted by Gasteiger charge is 2.44. The van der Waals surface area contributed by atoms with Crippen LogP contribution in [0.15, 0.2) is 60.3 Å². The number of carbonyl (C=O) groups is 2. The van der Waals surface area contributed by atoms with Crippen LogP contribution in [-0.4, -0.2) is 34.2 Å². The molecular formula is C27H32N2O2. The summed E-state index contributed by atoms with van der Waals surface area (Å²) < 4.78 is 0. The number of rotatable bonds is 6. The number of aryl methyl sites for hydroxylation is 1. The summed E-state index contributed by atoms with van der Waals surface area (Å²) in [5, 5.41) is 0. The molecule has 0 spiro atoms. The Morgan fingerprint density at radius 1 is 0.871 bits per heavy atom. The van der Waals surface area contributed by atoms with Gasteiger partial charge in [-0.3, -0.25) is 14.5 Å². The third-order valence-corrected chi connectivity index (χ3v) is 6.54. The molecule has 2 aromatic carbocycles. The number of likely N-dealkylation sites (N-methyl/N-ethyl adjacent to an activating group) is 1. The first-order valence-electron chi connectivity index (χ1n) is 11.6. The lowest BCUT2D eigenvalue weighted by molar-refractivity contribution is -0.140. The first kappa shape index (κ1) is 21.4. The molecule has 4 nitrogen and oxygen atoms in total. The fourth-order valence-corrected chi connectivity index (χ4v) is 4.81. The van der Waals surface area contributed by atoms with Crippen molar-refractivity contribution in [2.24, 2.45) is 0 Å². The number of benzene rings is 2. The van der Waals surface area contributed by atoms with E-state index in [1.54, 1.807) is 4.90 Å². The highest BCUT2D eigenvalue weighted by Crippen LogP contribution is 2.36. The van der Waals surface area contributed by atoms with E-state index in [-0.39, 0.29) is 17.9 Å². The van der Waals surface area contributed by atoms with E-state index in [1.165, 1.54) is 12.8 Å². The van der Waals surface area contributed by atoms with Gasteiger partial charge in [0.05, 0.1) is 5.57 Å². The summed E-state index contributed by atoms with van der Waals surface area (Å²) >= 11 is 0. The zero-order chi connectivity index (χ0) is 21.8. The van der Waals surface area contributed by atoms with E-state index < -0.39 is 0 Å². The molecule has 31 heavy (non-hydrogen) atoms. The van der Waals surface area contributed by atoms with Crippen molar-refractivity contribution >= 4 is 17.4 Å². The Balaban J connectivity index is 1.76. The number of hydrogen-bond acceptors (Lipinski definition) is 3. The quantitative estimate of drug-likeness (QED) is 0.473. The summed E-state index contributed by atoms with van der Waals surface area (Å²) in [6, 6.07) is 18.1. The first-order chi connectivity index (χ1) is 15.1. The molecule has 162 valence electrons. The third kappa shape index (κ3) is 4.43. The number of carbonyl (C=O) groups excluding carboxylic acids is 2. The number of amides is 2. The second-order valence-corrected chi connectivity index (χ2v) is 8.72. The van der Waals surface area contributed by atoms with Gasteiger partial charge in [-0.1, -0.05) is 85.8 Å². The number of imide groups is 1. The van der Waals surface area contributed by atoms with Crippen LogP contribution in [0.1, 0.15) is 62.1 Å². The lowest BCUT2D eigenvalue weighted by Gasteiger charge is -2.28. The van der Waals surface area contributed by atoms with Crippen molar-refractivity contribution in [1.82, 2.24) is 9.80 Å². The minimum atomic E-state index is -0.123. The summed E-state index contributed by atoms with van der Waals surface area (Å²) in [5.74, 6) is -0.243. The van der Waals surface area contributed by atoms with E-state index in [1.807, 2.05) is 49.4 Å². The standard InChI is InChI=1S/C27H32N2O2/c1-3-28(19-21-11-7-6-8-12-21)25-24(22-17-15-20(2)16-18-22)26(30)29(27(25)31)23-13-9-4-5-10-14-23/h6-8,11-12,15-18,23H,3-5,9-10,13-14,19H2,1-2H3. The Morgan fingerprint density at radius 3 is 2.13 bits per heavy atom. The van der Waals surface area contributed by atoms with Gasteiger partial charge in [0.2, 0.25) is 0 Å². The summed E-state index contributed by atoms with van der Waals surface area (Å²) in [6.07, 6.45) is 6.37. The van der Waals surface area contributed by atoms with Gasteiger partial charge in [0.1, 0.15) is 5.70 Å². The van der Waals surface area contributed by atoms with Gasteiger partial charge in [0, 0.05) is 19.1 Å². The molecule has 0 aromatic heterocycles. The van der Waals surface area contributed by atoms with Crippen molar-refractivity contribution < 1.29 is 9.59 Å². The fourth-order valence-electron chi connectivity index (χ4n) is 4.81. The summed E-state index contributed by atoms with van der Waals surface area (Å²) in [6.45, 7) is 5.36. The summed E-state index contributed by atoms with van der Waals surface area (Å²) in [7, 11) is 0. The van der Waals surface area contributed by atoms with Gasteiger partial charge < -0.3 is 4.90 Å². The zero-order valence-electron chi connectivity index (χ0n) is 18.6. The highest BCUT2D eigenvalue weighted by atomic mass is 16.2. The van der Waals surface area contributed by atoms with E-state index >= 15 is 0 Å². The second-order valence-electron chi connectivity index (χ2n) is 8.72. The van der Waals surface area contributed by atoms with E-state index in [2.05, 4.69) is 24.0 Å². The van der Waals surface area contributed by atoms with E-state index in [4.69, 9.17) is 0 Å². The van der Waals surface area contributed by atoms with E-state index in [0.29, 0.717) is 24.4 Å². The molecule has 0 bridgehead atoms. The van der Waals surface area contributed by atoms with Gasteiger partial charge in [-0.25, -0.2) is 0 Å². The topological polar surface area (TPSA) is 40.6 Å². The molecule has 2 amide bonds. The van der Waals surface area contributed by atoms with Crippen LogP contribution < -0.4 is 0 Å². The Kier molecular flexibility index (Phi) is 6.55. The maximum atomic E-state index is 13.8. The summed E-state index contributed by atoms with van der Waals surface area (Å²) in [5.41, 5.74) is 4.23. The average Bonchev–Trinajstić information content (AvgIpc) is 2.95. The van der Waals surface area contributed by atoms with Crippen molar-refractivity contribution in [2.45, 2.75) is 65.0 Å². The van der Waals surface area contributed by atoms with E-state index in [0.717, 1.165) is 42.4 Å². The Morgan fingerprint density at radius 2 is 1.52 bits per heavy atom. The molecule has 0 unspecified atom stereocenters. The van der Waals surface area contributed by atoms with Crippen LogP contribution in [0.25, 0.3) is 5.57 Å². The van der Waals surface area contributed by atoms with Gasteiger partial charge >= 0.3 is 0 Å². The van der Waals surface area contributed by atoms with Crippen molar-refractivity contribution in [3.8, 4) is 0 Å². The molecule has 0 radical (unpaired) electrons. The normalized spacial score (nSPS) is 17.9. The van der Waals surface area contributed by atoms with Crippen LogP contribution in [0.5, 0.6) is 0 Å². The van der Waals surface area contributed by atoms with Crippen LogP contribution in [0.4, 0.5) is 0 Å². The van der Waals surface area contributed by atoms with Crippen LogP contribution in [0.2, 0.25) is 0 Å². The van der Waals surface area contributed by atoms with Crippen LogP contribution in [0, 0.1) is 6.92 Å². The Bertz CT molecular complexity index is 954. The maximum absolute atomic E-state index is 13.8. The minimum Gasteiger partial charge on any atom is -0.362 e. The predicted molar refractivity (Wildman–Crippen MR) is 124 cm³/mol. The molecule has 0 saturated heterocycles. The monoisotopic (exact) mass is 416 g/mol. The fraction of sp³-hybridized carbons (Fsp3) is 0.407. The molecule has 1 saturated carbocycles. The lowest BCUT2D eigenvalue weighted by Crippen LogP contribution is -2.42. The first-order valence-corrected chi connectivity index (χ1v) is 11.6. The minimum absolute atomic E-state index is 0.0101.